The molecule has 3 heterocycles. The summed E-state index contributed by atoms with van der Waals surface area (Å²) in [6.07, 6.45) is 3.83. The van der Waals surface area contributed by atoms with Gasteiger partial charge in [0.1, 0.15) is 5.82 Å². The number of hydrogen-bond donors (Lipinski definition) is 0. The zero-order chi connectivity index (χ0) is 18.0. The summed E-state index contributed by atoms with van der Waals surface area (Å²) in [4.78, 5) is 14.3. The number of hydrogen-bond acceptors (Lipinski definition) is 4. The number of carbonyl (C=O) groups is 1. The molecule has 0 aromatic heterocycles. The van der Waals surface area contributed by atoms with E-state index in [9.17, 15) is 9.18 Å². The summed E-state index contributed by atoms with van der Waals surface area (Å²) in [5.74, 6) is 1.46. The Morgan fingerprint density at radius 1 is 1.35 bits per heavy atom. The van der Waals surface area contributed by atoms with Crippen LogP contribution in [0.4, 0.5) is 4.39 Å². The number of amides is 1. The number of benzene rings is 1. The van der Waals surface area contributed by atoms with Crippen molar-refractivity contribution in [1.29, 1.82) is 0 Å². The zero-order valence-electron chi connectivity index (χ0n) is 15.0. The Balaban J connectivity index is 1.20. The van der Waals surface area contributed by atoms with Gasteiger partial charge in [0.15, 0.2) is 0 Å². The van der Waals surface area contributed by atoms with E-state index < -0.39 is 0 Å². The summed E-state index contributed by atoms with van der Waals surface area (Å²) < 4.78 is 25.0. The minimum absolute atomic E-state index is 0.0911. The number of thioether (sulfide) groups is 1. The maximum absolute atomic E-state index is 13.3. The third-order valence-corrected chi connectivity index (χ3v) is 7.21. The zero-order valence-corrected chi connectivity index (χ0v) is 15.8. The summed E-state index contributed by atoms with van der Waals surface area (Å²) in [6, 6.07) is 6.31. The Labute approximate surface area is 158 Å². The lowest BCUT2D eigenvalue weighted by Crippen LogP contribution is -2.61. The van der Waals surface area contributed by atoms with E-state index in [2.05, 4.69) is 0 Å². The molecule has 3 saturated heterocycles. The Bertz CT molecular complexity index is 644. The average Bonchev–Trinajstić information content (AvgIpc) is 3.04. The van der Waals surface area contributed by atoms with Gasteiger partial charge in [-0.2, -0.15) is 0 Å². The first kappa shape index (κ1) is 18.3. The highest BCUT2D eigenvalue weighted by atomic mass is 32.2. The summed E-state index contributed by atoms with van der Waals surface area (Å²) in [6.45, 7) is 4.15. The molecule has 0 saturated carbocycles. The van der Waals surface area contributed by atoms with Gasteiger partial charge < -0.3 is 14.4 Å². The number of carbonyl (C=O) groups excluding carboxylic acids is 1. The minimum atomic E-state index is -0.286. The maximum Gasteiger partial charge on any atom is 0.227 e. The summed E-state index contributed by atoms with van der Waals surface area (Å²) in [7, 11) is 0. The van der Waals surface area contributed by atoms with Crippen LogP contribution in [0.3, 0.4) is 0 Å². The van der Waals surface area contributed by atoms with Crippen molar-refractivity contribution in [2.75, 3.05) is 38.7 Å². The first-order valence-electron chi connectivity index (χ1n) is 9.47. The SMILES string of the molecule is O=C(Cc1cccc(F)c1)N1CC2(CC(OCC3CCOCC3)CS2)C1. The van der Waals surface area contributed by atoms with Crippen LogP contribution in [0.1, 0.15) is 24.8 Å². The average molecular weight is 379 g/mol. The molecule has 3 aliphatic heterocycles. The topological polar surface area (TPSA) is 38.8 Å². The van der Waals surface area contributed by atoms with Gasteiger partial charge in [-0.15, -0.1) is 11.8 Å². The molecule has 0 bridgehead atoms. The molecule has 6 heteroatoms. The molecule has 1 atom stereocenters. The summed E-state index contributed by atoms with van der Waals surface area (Å²) in [5, 5.41) is 0. The van der Waals surface area contributed by atoms with Crippen molar-refractivity contribution in [3.05, 3.63) is 35.6 Å². The van der Waals surface area contributed by atoms with Crippen LogP contribution in [0.15, 0.2) is 24.3 Å². The molecule has 1 unspecified atom stereocenters. The molecular formula is C20H26FNO3S. The van der Waals surface area contributed by atoms with Crippen molar-refractivity contribution in [3.63, 3.8) is 0 Å². The van der Waals surface area contributed by atoms with Crippen molar-refractivity contribution in [2.45, 2.75) is 36.5 Å². The van der Waals surface area contributed by atoms with E-state index in [1.165, 1.54) is 12.1 Å². The summed E-state index contributed by atoms with van der Waals surface area (Å²) >= 11 is 1.95. The maximum atomic E-state index is 13.3. The van der Waals surface area contributed by atoms with E-state index in [0.29, 0.717) is 12.0 Å². The third-order valence-electron chi connectivity index (χ3n) is 5.64. The van der Waals surface area contributed by atoms with E-state index in [-0.39, 0.29) is 22.9 Å². The fourth-order valence-electron chi connectivity index (χ4n) is 4.07. The van der Waals surface area contributed by atoms with Gasteiger partial charge in [-0.05, 0) is 42.9 Å². The largest absolute Gasteiger partial charge is 0.381 e. The van der Waals surface area contributed by atoms with Gasteiger partial charge in [-0.1, -0.05) is 12.1 Å². The molecule has 3 fully saturated rings. The van der Waals surface area contributed by atoms with Gasteiger partial charge in [0.05, 0.1) is 17.3 Å². The monoisotopic (exact) mass is 379 g/mol. The molecular weight excluding hydrogens is 353 g/mol. The first-order valence-corrected chi connectivity index (χ1v) is 10.5. The highest BCUT2D eigenvalue weighted by Crippen LogP contribution is 2.46. The molecule has 26 heavy (non-hydrogen) atoms. The van der Waals surface area contributed by atoms with Gasteiger partial charge in [0.25, 0.3) is 0 Å². The predicted octanol–water partition coefficient (Wildman–Crippen LogP) is 2.90. The quantitative estimate of drug-likeness (QED) is 0.789. The molecule has 1 spiro atoms. The van der Waals surface area contributed by atoms with Crippen LogP contribution < -0.4 is 0 Å². The number of halogens is 1. The fourth-order valence-corrected chi connectivity index (χ4v) is 5.63. The molecule has 4 nitrogen and oxygen atoms in total. The van der Waals surface area contributed by atoms with Crippen LogP contribution in [0, 0.1) is 11.7 Å². The molecule has 0 radical (unpaired) electrons. The van der Waals surface area contributed by atoms with E-state index in [1.54, 1.807) is 12.1 Å². The Morgan fingerprint density at radius 3 is 2.92 bits per heavy atom. The highest BCUT2D eigenvalue weighted by Gasteiger charge is 2.50. The first-order chi connectivity index (χ1) is 12.6. The van der Waals surface area contributed by atoms with Crippen LogP contribution in [0.5, 0.6) is 0 Å². The van der Waals surface area contributed by atoms with Crippen molar-refractivity contribution < 1.29 is 18.7 Å². The molecule has 1 aromatic carbocycles. The van der Waals surface area contributed by atoms with E-state index >= 15 is 0 Å². The molecule has 0 N–H and O–H groups in total. The van der Waals surface area contributed by atoms with Gasteiger partial charge in [-0.25, -0.2) is 4.39 Å². The normalized spacial score (nSPS) is 25.4. The lowest BCUT2D eigenvalue weighted by molar-refractivity contribution is -0.136. The van der Waals surface area contributed by atoms with Gasteiger partial charge in [-0.3, -0.25) is 4.79 Å². The van der Waals surface area contributed by atoms with E-state index in [4.69, 9.17) is 9.47 Å². The second kappa shape index (κ2) is 7.87. The Morgan fingerprint density at radius 2 is 2.15 bits per heavy atom. The van der Waals surface area contributed by atoms with Crippen molar-refractivity contribution in [3.8, 4) is 0 Å². The Hall–Kier alpha value is -1.11. The van der Waals surface area contributed by atoms with Gasteiger partial charge in [0, 0.05) is 38.7 Å². The Kier molecular flexibility index (Phi) is 5.53. The molecule has 1 amide bonds. The van der Waals surface area contributed by atoms with Crippen LogP contribution in [0.25, 0.3) is 0 Å². The van der Waals surface area contributed by atoms with Crippen molar-refractivity contribution >= 4 is 17.7 Å². The third kappa shape index (κ3) is 4.24. The molecule has 0 aliphatic carbocycles. The van der Waals surface area contributed by atoms with Crippen LogP contribution in [-0.4, -0.2) is 60.3 Å². The van der Waals surface area contributed by atoms with E-state index in [1.807, 2.05) is 16.7 Å². The van der Waals surface area contributed by atoms with Gasteiger partial charge >= 0.3 is 0 Å². The smallest absolute Gasteiger partial charge is 0.227 e. The molecule has 3 aliphatic rings. The van der Waals surface area contributed by atoms with Crippen LogP contribution in [-0.2, 0) is 20.7 Å². The molecule has 142 valence electrons. The second-order valence-electron chi connectivity index (χ2n) is 7.77. The highest BCUT2D eigenvalue weighted by molar-refractivity contribution is 8.01. The number of rotatable bonds is 5. The summed E-state index contributed by atoms with van der Waals surface area (Å²) in [5.41, 5.74) is 0.743. The predicted molar refractivity (Wildman–Crippen MR) is 99.8 cm³/mol. The molecule has 1 aromatic rings. The van der Waals surface area contributed by atoms with Gasteiger partial charge in [0.2, 0.25) is 5.91 Å². The second-order valence-corrected chi connectivity index (χ2v) is 9.25. The fraction of sp³-hybridized carbons (Fsp3) is 0.650. The number of likely N-dealkylation sites (tertiary alicyclic amines) is 1. The standard InChI is InChI=1S/C20H26FNO3S/c21-17-3-1-2-16(8-17)9-19(23)22-13-20(14-22)10-18(12-26-20)25-11-15-4-6-24-7-5-15/h1-3,8,15,18H,4-7,9-14H2. The lowest BCUT2D eigenvalue weighted by Gasteiger charge is -2.47. The van der Waals surface area contributed by atoms with Crippen LogP contribution in [0.2, 0.25) is 0 Å². The van der Waals surface area contributed by atoms with Crippen LogP contribution >= 0.6 is 11.8 Å². The molecule has 4 rings (SSSR count). The number of nitrogens with zero attached hydrogens (tertiary/aromatic N) is 1. The van der Waals surface area contributed by atoms with Crippen molar-refractivity contribution in [2.24, 2.45) is 5.92 Å². The lowest BCUT2D eigenvalue weighted by atomic mass is 9.92. The number of ether oxygens (including phenoxy) is 2. The minimum Gasteiger partial charge on any atom is -0.381 e. The van der Waals surface area contributed by atoms with Crippen molar-refractivity contribution in [1.82, 2.24) is 4.90 Å². The van der Waals surface area contributed by atoms with E-state index in [0.717, 1.165) is 63.5 Å².